The van der Waals surface area contributed by atoms with Gasteiger partial charge in [-0.05, 0) is 56.2 Å². The molecule has 1 aromatic rings. The molecular weight excluding hydrogens is 248 g/mol. The van der Waals surface area contributed by atoms with Crippen LogP contribution < -0.4 is 10.1 Å². The Labute approximate surface area is 122 Å². The number of fused-ring (bicyclic) bond motifs is 4. The van der Waals surface area contributed by atoms with E-state index in [9.17, 15) is 0 Å². The summed E-state index contributed by atoms with van der Waals surface area (Å²) in [6.07, 6.45) is 2.35. The number of rotatable bonds is 3. The van der Waals surface area contributed by atoms with Gasteiger partial charge in [-0.15, -0.1) is 0 Å². The van der Waals surface area contributed by atoms with Gasteiger partial charge in [0.2, 0.25) is 0 Å². The summed E-state index contributed by atoms with van der Waals surface area (Å²) in [5.74, 6) is 0.984. The zero-order valence-electron chi connectivity index (χ0n) is 13.1. The van der Waals surface area contributed by atoms with Gasteiger partial charge in [0.15, 0.2) is 0 Å². The molecule has 1 N–H and O–H groups in total. The topological polar surface area (TPSA) is 24.5 Å². The summed E-state index contributed by atoms with van der Waals surface area (Å²) in [7, 11) is 4.02. The van der Waals surface area contributed by atoms with Crippen LogP contribution in [0.1, 0.15) is 31.4 Å². The number of nitrogens with zero attached hydrogens (tertiary/aromatic N) is 1. The molecule has 3 atom stereocenters. The molecule has 1 aromatic carbocycles. The highest BCUT2D eigenvalue weighted by molar-refractivity contribution is 5.45. The molecule has 3 nitrogen and oxygen atoms in total. The van der Waals surface area contributed by atoms with E-state index in [4.69, 9.17) is 4.74 Å². The second-order valence-corrected chi connectivity index (χ2v) is 6.48. The van der Waals surface area contributed by atoms with Crippen LogP contribution in [0.15, 0.2) is 18.2 Å². The fourth-order valence-corrected chi connectivity index (χ4v) is 4.18. The van der Waals surface area contributed by atoms with Crippen molar-refractivity contribution >= 4 is 0 Å². The Morgan fingerprint density at radius 2 is 2.25 bits per heavy atom. The first-order chi connectivity index (χ1) is 9.60. The quantitative estimate of drug-likeness (QED) is 0.914. The van der Waals surface area contributed by atoms with E-state index < -0.39 is 0 Å². The Bertz CT molecular complexity index is 502. The minimum absolute atomic E-state index is 0.218. The predicted molar refractivity (Wildman–Crippen MR) is 82.5 cm³/mol. The van der Waals surface area contributed by atoms with Gasteiger partial charge in [0.25, 0.3) is 0 Å². The molecule has 3 heteroatoms. The highest BCUT2D eigenvalue weighted by Gasteiger charge is 2.49. The largest absolute Gasteiger partial charge is 0.497 e. The Hall–Kier alpha value is -1.06. The van der Waals surface area contributed by atoms with E-state index in [2.05, 4.69) is 49.3 Å². The lowest BCUT2D eigenvalue weighted by molar-refractivity contribution is 0.0669. The van der Waals surface area contributed by atoms with Gasteiger partial charge < -0.3 is 15.0 Å². The third kappa shape index (κ3) is 1.95. The predicted octanol–water partition coefficient (Wildman–Crippen LogP) is 2.19. The molecular formula is C17H26N2O. The van der Waals surface area contributed by atoms with E-state index in [0.29, 0.717) is 12.1 Å². The van der Waals surface area contributed by atoms with Crippen molar-refractivity contribution in [3.63, 3.8) is 0 Å². The number of likely N-dealkylation sites (tertiary alicyclic amines) is 1. The summed E-state index contributed by atoms with van der Waals surface area (Å²) in [4.78, 5) is 2.53. The number of ether oxygens (including phenoxy) is 1. The first kappa shape index (κ1) is 13.9. The molecule has 1 saturated heterocycles. The number of nitrogens with one attached hydrogen (secondary N) is 1. The van der Waals surface area contributed by atoms with Gasteiger partial charge in [-0.1, -0.05) is 19.9 Å². The number of likely N-dealkylation sites (N-methyl/N-ethyl adjacent to an activating group) is 2. The van der Waals surface area contributed by atoms with Gasteiger partial charge in [-0.25, -0.2) is 0 Å². The third-order valence-corrected chi connectivity index (χ3v) is 5.41. The van der Waals surface area contributed by atoms with Crippen molar-refractivity contribution < 1.29 is 4.74 Å². The van der Waals surface area contributed by atoms with Gasteiger partial charge in [0.1, 0.15) is 5.75 Å². The fraction of sp³-hybridized carbons (Fsp3) is 0.647. The number of benzene rings is 1. The fourth-order valence-electron chi connectivity index (χ4n) is 4.18. The molecule has 0 amide bonds. The smallest absolute Gasteiger partial charge is 0.119 e. The van der Waals surface area contributed by atoms with E-state index in [0.717, 1.165) is 18.7 Å². The first-order valence-corrected chi connectivity index (χ1v) is 7.71. The molecule has 0 saturated carbocycles. The molecule has 3 rings (SSSR count). The zero-order chi connectivity index (χ0) is 14.3. The van der Waals surface area contributed by atoms with E-state index in [1.54, 1.807) is 7.11 Å². The molecule has 110 valence electrons. The molecule has 1 unspecified atom stereocenters. The molecule has 0 spiro atoms. The van der Waals surface area contributed by atoms with E-state index in [-0.39, 0.29) is 5.41 Å². The maximum absolute atomic E-state index is 5.45. The monoisotopic (exact) mass is 274 g/mol. The lowest BCUT2D eigenvalue weighted by Crippen LogP contribution is -2.66. The summed E-state index contributed by atoms with van der Waals surface area (Å²) in [5.41, 5.74) is 3.21. The maximum Gasteiger partial charge on any atom is 0.119 e. The van der Waals surface area contributed by atoms with Gasteiger partial charge in [0, 0.05) is 17.5 Å². The van der Waals surface area contributed by atoms with Crippen LogP contribution in [-0.4, -0.2) is 44.2 Å². The summed E-state index contributed by atoms with van der Waals surface area (Å²) in [6, 6.07) is 7.77. The molecule has 0 radical (unpaired) electrons. The number of hydrogen-bond acceptors (Lipinski definition) is 3. The highest BCUT2D eigenvalue weighted by Crippen LogP contribution is 2.45. The molecule has 2 aliphatic rings. The van der Waals surface area contributed by atoms with Gasteiger partial charge in [-0.3, -0.25) is 0 Å². The lowest BCUT2D eigenvalue weighted by atomic mass is 9.61. The lowest BCUT2D eigenvalue weighted by Gasteiger charge is -2.55. The van der Waals surface area contributed by atoms with Gasteiger partial charge in [-0.2, -0.15) is 0 Å². The van der Waals surface area contributed by atoms with Crippen LogP contribution >= 0.6 is 0 Å². The van der Waals surface area contributed by atoms with Crippen molar-refractivity contribution in [2.75, 3.05) is 27.2 Å². The van der Waals surface area contributed by atoms with E-state index in [1.807, 2.05) is 0 Å². The summed E-state index contributed by atoms with van der Waals surface area (Å²) in [5, 5.41) is 3.75. The van der Waals surface area contributed by atoms with Crippen molar-refractivity contribution in [2.24, 2.45) is 0 Å². The van der Waals surface area contributed by atoms with E-state index >= 15 is 0 Å². The van der Waals surface area contributed by atoms with Crippen LogP contribution in [0.5, 0.6) is 5.75 Å². The van der Waals surface area contributed by atoms with Crippen LogP contribution in [0.3, 0.4) is 0 Å². The minimum Gasteiger partial charge on any atom is -0.497 e. The minimum atomic E-state index is 0.218. The second kappa shape index (κ2) is 5.05. The van der Waals surface area contributed by atoms with Crippen molar-refractivity contribution in [3.8, 4) is 5.75 Å². The Morgan fingerprint density at radius 3 is 2.95 bits per heavy atom. The molecule has 1 heterocycles. The second-order valence-electron chi connectivity index (χ2n) is 6.48. The van der Waals surface area contributed by atoms with Crippen LogP contribution in [0.2, 0.25) is 0 Å². The normalized spacial score (nSPS) is 32.8. The molecule has 1 aliphatic heterocycles. The molecule has 0 aromatic heterocycles. The average molecular weight is 274 g/mol. The van der Waals surface area contributed by atoms with E-state index in [1.165, 1.54) is 24.1 Å². The SMILES string of the molecule is CCN[C@H]1C2Cc3ccc(OC)cc3[C@@]1(C)CCN2C. The average Bonchev–Trinajstić information content (AvgIpc) is 2.46. The standard InChI is InChI=1S/C17H26N2O/c1-5-18-16-15-10-12-6-7-13(20-4)11-14(12)17(16,2)8-9-19(15)3/h6-7,11,15-16,18H,5,8-10H2,1-4H3/t15?,16-,17+/m0/s1. The molecule has 1 aliphatic carbocycles. The Morgan fingerprint density at radius 1 is 1.45 bits per heavy atom. The molecule has 1 fully saturated rings. The van der Waals surface area contributed by atoms with Crippen LogP contribution in [0.25, 0.3) is 0 Å². The summed E-state index contributed by atoms with van der Waals surface area (Å²) in [6.45, 7) is 6.85. The van der Waals surface area contributed by atoms with Crippen molar-refractivity contribution in [3.05, 3.63) is 29.3 Å². The zero-order valence-corrected chi connectivity index (χ0v) is 13.1. The van der Waals surface area contributed by atoms with Crippen LogP contribution in [0.4, 0.5) is 0 Å². The van der Waals surface area contributed by atoms with Crippen molar-refractivity contribution in [1.29, 1.82) is 0 Å². The third-order valence-electron chi connectivity index (χ3n) is 5.41. The van der Waals surface area contributed by atoms with Crippen molar-refractivity contribution in [1.82, 2.24) is 10.2 Å². The Balaban J connectivity index is 2.09. The van der Waals surface area contributed by atoms with Crippen molar-refractivity contribution in [2.45, 2.75) is 44.2 Å². The summed E-state index contributed by atoms with van der Waals surface area (Å²) < 4.78 is 5.45. The Kier molecular flexibility index (Phi) is 3.51. The van der Waals surface area contributed by atoms with Gasteiger partial charge in [0.05, 0.1) is 7.11 Å². The molecule has 20 heavy (non-hydrogen) atoms. The number of piperidine rings is 1. The van der Waals surface area contributed by atoms with Gasteiger partial charge >= 0.3 is 0 Å². The number of hydrogen-bond donors (Lipinski definition) is 1. The summed E-state index contributed by atoms with van der Waals surface area (Å²) >= 11 is 0. The molecule has 2 bridgehead atoms. The first-order valence-electron chi connectivity index (χ1n) is 7.71. The maximum atomic E-state index is 5.45. The highest BCUT2D eigenvalue weighted by atomic mass is 16.5. The van der Waals surface area contributed by atoms with Crippen LogP contribution in [-0.2, 0) is 11.8 Å². The van der Waals surface area contributed by atoms with Crippen LogP contribution in [0, 0.1) is 0 Å². The number of methoxy groups -OCH3 is 1.